The highest BCUT2D eigenvalue weighted by Crippen LogP contribution is 2.49. The van der Waals surface area contributed by atoms with Gasteiger partial charge < -0.3 is 14.7 Å². The van der Waals surface area contributed by atoms with E-state index in [0.717, 1.165) is 23.4 Å². The summed E-state index contributed by atoms with van der Waals surface area (Å²) in [5.41, 5.74) is 1.39. The minimum Gasteiger partial charge on any atom is -0.496 e. The van der Waals surface area contributed by atoms with E-state index < -0.39 is 5.60 Å². The van der Waals surface area contributed by atoms with Crippen molar-refractivity contribution in [2.24, 2.45) is 16.3 Å². The summed E-state index contributed by atoms with van der Waals surface area (Å²) in [4.78, 5) is 6.57. The van der Waals surface area contributed by atoms with Gasteiger partial charge in [-0.25, -0.2) is 4.99 Å². The average Bonchev–Trinajstić information content (AvgIpc) is 2.50. The SMILES string of the molecule is CCN(C)/C=N/c1cc(OC)c(C(O)(C(C)C)C(C)(C)C)cc1C. The van der Waals surface area contributed by atoms with Crippen LogP contribution in [0, 0.1) is 18.3 Å². The van der Waals surface area contributed by atoms with E-state index in [0.29, 0.717) is 5.75 Å². The Morgan fingerprint density at radius 2 is 1.88 bits per heavy atom. The zero-order chi connectivity index (χ0) is 18.7. The largest absolute Gasteiger partial charge is 0.496 e. The van der Waals surface area contributed by atoms with E-state index in [4.69, 9.17) is 4.74 Å². The van der Waals surface area contributed by atoms with Crippen molar-refractivity contribution in [1.29, 1.82) is 0 Å². The molecule has 1 rings (SSSR count). The van der Waals surface area contributed by atoms with Gasteiger partial charge in [0.05, 0.1) is 19.1 Å². The molecule has 0 heterocycles. The molecule has 4 nitrogen and oxygen atoms in total. The van der Waals surface area contributed by atoms with Crippen LogP contribution in [-0.4, -0.2) is 37.0 Å². The smallest absolute Gasteiger partial charge is 0.127 e. The molecule has 4 heteroatoms. The third kappa shape index (κ3) is 3.92. The Morgan fingerprint density at radius 1 is 1.29 bits per heavy atom. The summed E-state index contributed by atoms with van der Waals surface area (Å²) >= 11 is 0. The number of benzene rings is 1. The molecule has 0 bridgehead atoms. The van der Waals surface area contributed by atoms with Gasteiger partial charge in [-0.15, -0.1) is 0 Å². The fourth-order valence-corrected chi connectivity index (χ4v) is 3.11. The Balaban J connectivity index is 3.51. The molecular formula is C20H34N2O2. The molecule has 0 aliphatic carbocycles. The van der Waals surface area contributed by atoms with Crippen molar-refractivity contribution in [3.63, 3.8) is 0 Å². The molecule has 0 saturated carbocycles. The molecule has 1 N–H and O–H groups in total. The first-order chi connectivity index (χ1) is 11.0. The molecule has 1 atom stereocenters. The number of aryl methyl sites for hydroxylation is 1. The molecule has 0 fully saturated rings. The highest BCUT2D eigenvalue weighted by atomic mass is 16.5. The van der Waals surface area contributed by atoms with Crippen LogP contribution in [-0.2, 0) is 5.60 Å². The van der Waals surface area contributed by atoms with Gasteiger partial charge in [-0.3, -0.25) is 0 Å². The number of hydrogen-bond donors (Lipinski definition) is 1. The van der Waals surface area contributed by atoms with Gasteiger partial charge in [-0.2, -0.15) is 0 Å². The van der Waals surface area contributed by atoms with Gasteiger partial charge in [0, 0.05) is 25.2 Å². The maximum absolute atomic E-state index is 11.6. The van der Waals surface area contributed by atoms with Gasteiger partial charge in [0.2, 0.25) is 0 Å². The van der Waals surface area contributed by atoms with E-state index in [1.54, 1.807) is 7.11 Å². The number of rotatable bonds is 6. The second-order valence-electron chi connectivity index (χ2n) is 7.83. The lowest BCUT2D eigenvalue weighted by Gasteiger charge is -2.44. The lowest BCUT2D eigenvalue weighted by molar-refractivity contribution is -0.103. The van der Waals surface area contributed by atoms with Crippen LogP contribution >= 0.6 is 0 Å². The van der Waals surface area contributed by atoms with E-state index in [2.05, 4.69) is 32.7 Å². The van der Waals surface area contributed by atoms with E-state index in [1.165, 1.54) is 0 Å². The normalized spacial score (nSPS) is 15.0. The van der Waals surface area contributed by atoms with Crippen molar-refractivity contribution in [2.45, 2.75) is 54.1 Å². The van der Waals surface area contributed by atoms with Crippen LogP contribution < -0.4 is 4.74 Å². The molecule has 0 spiro atoms. The number of aliphatic imine (C=N–C) groups is 1. The highest BCUT2D eigenvalue weighted by Gasteiger charge is 2.46. The quantitative estimate of drug-likeness (QED) is 0.615. The van der Waals surface area contributed by atoms with Crippen LogP contribution in [0.2, 0.25) is 0 Å². The van der Waals surface area contributed by atoms with E-state index in [1.807, 2.05) is 51.2 Å². The summed E-state index contributed by atoms with van der Waals surface area (Å²) in [5.74, 6) is 0.726. The lowest BCUT2D eigenvalue weighted by Crippen LogP contribution is -2.44. The zero-order valence-electron chi connectivity index (χ0n) is 16.8. The van der Waals surface area contributed by atoms with Gasteiger partial charge in [-0.05, 0) is 36.8 Å². The number of methoxy groups -OCH3 is 1. The monoisotopic (exact) mass is 334 g/mol. The Bertz CT molecular complexity index is 588. The van der Waals surface area contributed by atoms with Crippen molar-refractivity contribution in [1.82, 2.24) is 4.90 Å². The topological polar surface area (TPSA) is 45.1 Å². The highest BCUT2D eigenvalue weighted by molar-refractivity contribution is 5.65. The molecule has 0 aliphatic rings. The van der Waals surface area contributed by atoms with Crippen molar-refractivity contribution < 1.29 is 9.84 Å². The first kappa shape index (κ1) is 20.5. The Hall–Kier alpha value is -1.55. The molecule has 136 valence electrons. The number of hydrogen-bond acceptors (Lipinski definition) is 3. The summed E-state index contributed by atoms with van der Waals surface area (Å²) in [6, 6.07) is 3.94. The Kier molecular flexibility index (Phi) is 6.45. The predicted octanol–water partition coefficient (Wildman–Crippen LogP) is 4.50. The second kappa shape index (κ2) is 7.56. The first-order valence-electron chi connectivity index (χ1n) is 8.64. The summed E-state index contributed by atoms with van der Waals surface area (Å²) < 4.78 is 5.62. The average molecular weight is 335 g/mol. The third-order valence-electron chi connectivity index (χ3n) is 4.80. The molecule has 0 aliphatic heterocycles. The van der Waals surface area contributed by atoms with Crippen LogP contribution in [0.3, 0.4) is 0 Å². The minimum absolute atomic E-state index is 0.0476. The van der Waals surface area contributed by atoms with Crippen LogP contribution in [0.25, 0.3) is 0 Å². The molecule has 0 amide bonds. The molecule has 0 aromatic heterocycles. The van der Waals surface area contributed by atoms with Crippen molar-refractivity contribution in [2.75, 3.05) is 20.7 Å². The van der Waals surface area contributed by atoms with Crippen LogP contribution in [0.4, 0.5) is 5.69 Å². The fourth-order valence-electron chi connectivity index (χ4n) is 3.11. The van der Waals surface area contributed by atoms with E-state index >= 15 is 0 Å². The number of ether oxygens (including phenoxy) is 1. The van der Waals surface area contributed by atoms with Gasteiger partial charge in [-0.1, -0.05) is 34.6 Å². The first-order valence-corrected chi connectivity index (χ1v) is 8.64. The molecule has 1 aromatic rings. The van der Waals surface area contributed by atoms with Crippen LogP contribution in [0.1, 0.15) is 52.7 Å². The zero-order valence-corrected chi connectivity index (χ0v) is 16.8. The summed E-state index contributed by atoms with van der Waals surface area (Å²) in [7, 11) is 3.63. The molecular weight excluding hydrogens is 300 g/mol. The number of nitrogens with zero attached hydrogens (tertiary/aromatic N) is 2. The van der Waals surface area contributed by atoms with Gasteiger partial charge in [0.1, 0.15) is 11.4 Å². The van der Waals surface area contributed by atoms with Crippen molar-refractivity contribution in [3.8, 4) is 5.75 Å². The van der Waals surface area contributed by atoms with E-state index in [-0.39, 0.29) is 11.3 Å². The summed E-state index contributed by atoms with van der Waals surface area (Å²) in [6.07, 6.45) is 1.82. The minimum atomic E-state index is -0.994. The molecule has 0 saturated heterocycles. The molecule has 0 radical (unpaired) electrons. The standard InChI is InChI=1S/C20H34N2O2/c1-10-22(8)13-21-17-12-18(24-9)16(11-15(17)4)20(23,14(2)3)19(5,6)7/h11-14,23H,10H2,1-9H3/b21-13+. The van der Waals surface area contributed by atoms with Crippen LogP contribution in [0.15, 0.2) is 17.1 Å². The van der Waals surface area contributed by atoms with Gasteiger partial charge in [0.15, 0.2) is 0 Å². The molecule has 1 aromatic carbocycles. The molecule has 1 unspecified atom stereocenters. The molecule has 24 heavy (non-hydrogen) atoms. The maximum Gasteiger partial charge on any atom is 0.127 e. The van der Waals surface area contributed by atoms with Crippen molar-refractivity contribution >= 4 is 12.0 Å². The Labute approximate surface area is 147 Å². The number of aliphatic hydroxyl groups is 1. The summed E-state index contributed by atoms with van der Waals surface area (Å²) in [5, 5.41) is 11.6. The van der Waals surface area contributed by atoms with Gasteiger partial charge >= 0.3 is 0 Å². The maximum atomic E-state index is 11.6. The second-order valence-corrected chi connectivity index (χ2v) is 7.83. The third-order valence-corrected chi connectivity index (χ3v) is 4.80. The predicted molar refractivity (Wildman–Crippen MR) is 102 cm³/mol. The fraction of sp³-hybridized carbons (Fsp3) is 0.650. The van der Waals surface area contributed by atoms with Crippen molar-refractivity contribution in [3.05, 3.63) is 23.3 Å². The Morgan fingerprint density at radius 3 is 2.29 bits per heavy atom. The lowest BCUT2D eigenvalue weighted by atomic mass is 9.66. The van der Waals surface area contributed by atoms with E-state index in [9.17, 15) is 5.11 Å². The van der Waals surface area contributed by atoms with Gasteiger partial charge in [0.25, 0.3) is 0 Å². The van der Waals surface area contributed by atoms with Crippen LogP contribution in [0.5, 0.6) is 5.75 Å². The summed E-state index contributed by atoms with van der Waals surface area (Å²) in [6.45, 7) is 15.3.